The predicted molar refractivity (Wildman–Crippen MR) is 107 cm³/mol. The van der Waals surface area contributed by atoms with Crippen LogP contribution in [0.25, 0.3) is 0 Å². The molecule has 0 spiro atoms. The lowest BCUT2D eigenvalue weighted by atomic mass is 9.86. The minimum atomic E-state index is -0.491. The van der Waals surface area contributed by atoms with Gasteiger partial charge in [0.1, 0.15) is 5.82 Å². The molecule has 1 fully saturated rings. The Bertz CT molecular complexity index is 895. The first-order valence-corrected chi connectivity index (χ1v) is 10.3. The fourth-order valence-electron chi connectivity index (χ4n) is 4.03. The van der Waals surface area contributed by atoms with Crippen LogP contribution in [0.4, 0.5) is 10.1 Å². The van der Waals surface area contributed by atoms with E-state index in [1.165, 1.54) is 11.8 Å². The highest BCUT2D eigenvalue weighted by Crippen LogP contribution is 2.40. The lowest BCUT2D eigenvalue weighted by molar-refractivity contribution is -0.118. The van der Waals surface area contributed by atoms with Gasteiger partial charge in [0.05, 0.1) is 5.60 Å². The maximum Gasteiger partial charge on any atom is 0.227 e. The van der Waals surface area contributed by atoms with Gasteiger partial charge >= 0.3 is 0 Å². The predicted octanol–water partition coefficient (Wildman–Crippen LogP) is 4.54. The Morgan fingerprint density at radius 2 is 1.89 bits per heavy atom. The van der Waals surface area contributed by atoms with Crippen LogP contribution >= 0.6 is 11.8 Å². The molecule has 1 saturated heterocycles. The number of nitrogens with zero attached hydrogens (tertiary/aromatic N) is 1. The van der Waals surface area contributed by atoms with E-state index >= 15 is 0 Å². The first-order valence-electron chi connectivity index (χ1n) is 9.52. The average molecular weight is 402 g/mol. The molecule has 148 valence electrons. The standard InChI is InChI=1S/C22H24FNO3S/c1-24-20-5-4-18(11-15(20)3-6-21(24)25)28-19-13-16(12-17(23)14-19)22(26-2)7-9-27-10-8-22/h4-5,11-14H,3,6-10H2,1-2H3. The minimum absolute atomic E-state index is 0.143. The SMILES string of the molecule is COC1(c2cc(F)cc(Sc3ccc4c(c3)CCC(=O)N4C)c2)CCOCC1. The summed E-state index contributed by atoms with van der Waals surface area (Å²) in [6.45, 7) is 1.23. The van der Waals surface area contributed by atoms with E-state index in [4.69, 9.17) is 9.47 Å². The van der Waals surface area contributed by atoms with E-state index in [1.807, 2.05) is 25.2 Å². The highest BCUT2D eigenvalue weighted by Gasteiger charge is 2.35. The molecule has 6 heteroatoms. The third-order valence-corrected chi connectivity index (χ3v) is 6.68. The van der Waals surface area contributed by atoms with Crippen LogP contribution in [0, 0.1) is 5.82 Å². The fraction of sp³-hybridized carbons (Fsp3) is 0.409. The van der Waals surface area contributed by atoms with Gasteiger partial charge in [0.25, 0.3) is 0 Å². The molecular formula is C22H24FNO3S. The van der Waals surface area contributed by atoms with Crippen molar-refractivity contribution in [3.8, 4) is 0 Å². The summed E-state index contributed by atoms with van der Waals surface area (Å²) in [7, 11) is 3.49. The molecule has 2 heterocycles. The molecule has 2 aliphatic heterocycles. The summed E-state index contributed by atoms with van der Waals surface area (Å²) in [6, 6.07) is 11.2. The van der Waals surface area contributed by atoms with Gasteiger partial charge < -0.3 is 14.4 Å². The second kappa shape index (κ2) is 7.85. The number of hydrogen-bond donors (Lipinski definition) is 0. The number of carbonyl (C=O) groups is 1. The van der Waals surface area contributed by atoms with Gasteiger partial charge in [0, 0.05) is 62.1 Å². The first kappa shape index (κ1) is 19.4. The molecule has 2 aliphatic rings. The largest absolute Gasteiger partial charge is 0.381 e. The van der Waals surface area contributed by atoms with Gasteiger partial charge in [-0.2, -0.15) is 0 Å². The molecule has 0 saturated carbocycles. The van der Waals surface area contributed by atoms with Gasteiger partial charge in [-0.1, -0.05) is 11.8 Å². The molecule has 0 aromatic heterocycles. The van der Waals surface area contributed by atoms with Crippen LogP contribution in [0.5, 0.6) is 0 Å². The molecule has 4 nitrogen and oxygen atoms in total. The summed E-state index contributed by atoms with van der Waals surface area (Å²) in [5.41, 5.74) is 2.49. The Kier molecular flexibility index (Phi) is 5.45. The number of anilines is 1. The van der Waals surface area contributed by atoms with Crippen molar-refractivity contribution in [1.29, 1.82) is 0 Å². The smallest absolute Gasteiger partial charge is 0.227 e. The lowest BCUT2D eigenvalue weighted by Crippen LogP contribution is -2.35. The molecule has 0 radical (unpaired) electrons. The zero-order valence-electron chi connectivity index (χ0n) is 16.2. The normalized spacial score (nSPS) is 18.8. The van der Waals surface area contributed by atoms with E-state index in [0.717, 1.165) is 45.9 Å². The van der Waals surface area contributed by atoms with E-state index in [-0.39, 0.29) is 11.7 Å². The molecule has 2 aromatic carbocycles. The van der Waals surface area contributed by atoms with Crippen LogP contribution < -0.4 is 4.90 Å². The Morgan fingerprint density at radius 1 is 1.11 bits per heavy atom. The van der Waals surface area contributed by atoms with Crippen LogP contribution in [0.3, 0.4) is 0 Å². The number of carbonyl (C=O) groups excluding carboxylic acids is 1. The van der Waals surface area contributed by atoms with E-state index in [9.17, 15) is 9.18 Å². The summed E-state index contributed by atoms with van der Waals surface area (Å²) in [5, 5.41) is 0. The van der Waals surface area contributed by atoms with Gasteiger partial charge in [0.15, 0.2) is 0 Å². The van der Waals surface area contributed by atoms with Crippen molar-refractivity contribution >= 4 is 23.4 Å². The highest BCUT2D eigenvalue weighted by atomic mass is 32.2. The summed E-state index contributed by atoms with van der Waals surface area (Å²) < 4.78 is 25.7. The van der Waals surface area contributed by atoms with Crippen molar-refractivity contribution in [2.45, 2.75) is 41.1 Å². The van der Waals surface area contributed by atoms with Crippen molar-refractivity contribution < 1.29 is 18.7 Å². The molecule has 0 unspecified atom stereocenters. The zero-order chi connectivity index (χ0) is 19.7. The Balaban J connectivity index is 1.62. The van der Waals surface area contributed by atoms with Crippen LogP contribution in [0.15, 0.2) is 46.2 Å². The van der Waals surface area contributed by atoms with E-state index < -0.39 is 5.60 Å². The second-order valence-electron chi connectivity index (χ2n) is 7.33. The minimum Gasteiger partial charge on any atom is -0.381 e. The summed E-state index contributed by atoms with van der Waals surface area (Å²) >= 11 is 1.53. The van der Waals surface area contributed by atoms with Gasteiger partial charge in [0.2, 0.25) is 5.91 Å². The number of methoxy groups -OCH3 is 1. The van der Waals surface area contributed by atoms with Crippen LogP contribution in [-0.4, -0.2) is 33.3 Å². The quantitative estimate of drug-likeness (QED) is 0.754. The number of halogens is 1. The second-order valence-corrected chi connectivity index (χ2v) is 8.48. The van der Waals surface area contributed by atoms with Crippen molar-refractivity contribution in [2.75, 3.05) is 32.3 Å². The molecule has 0 atom stereocenters. The third-order valence-electron chi connectivity index (χ3n) is 5.72. The monoisotopic (exact) mass is 401 g/mol. The molecule has 2 aromatic rings. The Hall–Kier alpha value is -1.89. The maximum atomic E-state index is 14.4. The third kappa shape index (κ3) is 3.69. The summed E-state index contributed by atoms with van der Waals surface area (Å²) in [6.07, 6.45) is 2.71. The van der Waals surface area contributed by atoms with E-state index in [0.29, 0.717) is 19.6 Å². The van der Waals surface area contributed by atoms with Gasteiger partial charge in [-0.25, -0.2) is 4.39 Å². The Morgan fingerprint density at radius 3 is 2.64 bits per heavy atom. The topological polar surface area (TPSA) is 38.8 Å². The van der Waals surface area contributed by atoms with Crippen LogP contribution in [0.2, 0.25) is 0 Å². The molecule has 0 aliphatic carbocycles. The molecular weight excluding hydrogens is 377 g/mol. The number of benzene rings is 2. The number of rotatable bonds is 4. The summed E-state index contributed by atoms with van der Waals surface area (Å²) in [4.78, 5) is 15.5. The number of ether oxygens (including phenoxy) is 2. The van der Waals surface area contributed by atoms with Crippen LogP contribution in [-0.2, 0) is 26.3 Å². The van der Waals surface area contributed by atoms with E-state index in [1.54, 1.807) is 24.1 Å². The van der Waals surface area contributed by atoms with E-state index in [2.05, 4.69) is 6.07 Å². The van der Waals surface area contributed by atoms with Crippen molar-refractivity contribution in [3.63, 3.8) is 0 Å². The number of fused-ring (bicyclic) bond motifs is 1. The molecule has 1 amide bonds. The number of hydrogen-bond acceptors (Lipinski definition) is 4. The molecule has 0 bridgehead atoms. The Labute approximate surface area is 169 Å². The van der Waals surface area contributed by atoms with Gasteiger partial charge in [-0.15, -0.1) is 0 Å². The van der Waals surface area contributed by atoms with Crippen LogP contribution in [0.1, 0.15) is 30.4 Å². The zero-order valence-corrected chi connectivity index (χ0v) is 17.0. The lowest BCUT2D eigenvalue weighted by Gasteiger charge is -2.36. The molecule has 28 heavy (non-hydrogen) atoms. The van der Waals surface area contributed by atoms with Crippen molar-refractivity contribution in [3.05, 3.63) is 53.3 Å². The average Bonchev–Trinajstić information content (AvgIpc) is 2.71. The molecule has 4 rings (SSSR count). The van der Waals surface area contributed by atoms with Crippen molar-refractivity contribution in [2.24, 2.45) is 0 Å². The fourth-order valence-corrected chi connectivity index (χ4v) is 5.00. The summed E-state index contributed by atoms with van der Waals surface area (Å²) in [5.74, 6) is -0.116. The highest BCUT2D eigenvalue weighted by molar-refractivity contribution is 7.99. The number of aryl methyl sites for hydroxylation is 1. The van der Waals surface area contributed by atoms with Crippen molar-refractivity contribution in [1.82, 2.24) is 0 Å². The first-order chi connectivity index (χ1) is 13.5. The van der Waals surface area contributed by atoms with Gasteiger partial charge in [-0.05, 0) is 53.9 Å². The number of amides is 1. The maximum absolute atomic E-state index is 14.4. The van der Waals surface area contributed by atoms with Gasteiger partial charge in [-0.3, -0.25) is 4.79 Å². The molecule has 0 N–H and O–H groups in total.